The highest BCUT2D eigenvalue weighted by molar-refractivity contribution is 9.10. The third-order valence-electron chi connectivity index (χ3n) is 3.54. The van der Waals surface area contributed by atoms with E-state index in [1.165, 1.54) is 0 Å². The fourth-order valence-corrected chi connectivity index (χ4v) is 3.02. The van der Waals surface area contributed by atoms with Crippen molar-refractivity contribution in [3.8, 4) is 5.75 Å². The number of fused-ring (bicyclic) bond motifs is 1. The maximum Gasteiger partial charge on any atom is 0.197 e. The van der Waals surface area contributed by atoms with Gasteiger partial charge in [0.05, 0.1) is 16.1 Å². The van der Waals surface area contributed by atoms with Crippen molar-refractivity contribution >= 4 is 33.6 Å². The number of carbonyl (C=O) groups is 2. The van der Waals surface area contributed by atoms with Gasteiger partial charge in [0.2, 0.25) is 0 Å². The van der Waals surface area contributed by atoms with E-state index in [1.807, 2.05) is 32.0 Å². The highest BCUT2D eigenvalue weighted by atomic mass is 79.9. The minimum absolute atomic E-state index is 0.0722. The molecule has 3 nitrogen and oxygen atoms in total. The van der Waals surface area contributed by atoms with Crippen LogP contribution in [0.2, 0.25) is 0 Å². The monoisotopic (exact) mass is 370 g/mol. The van der Waals surface area contributed by atoms with Crippen LogP contribution in [0.1, 0.15) is 40.1 Å². The third kappa shape index (κ3) is 2.99. The minimum atomic E-state index is -0.218. The highest BCUT2D eigenvalue weighted by Crippen LogP contribution is 2.31. The van der Waals surface area contributed by atoms with Crippen LogP contribution in [0.4, 0.5) is 0 Å². The Hall–Kier alpha value is -2.20. The predicted octanol–water partition coefficient (Wildman–Crippen LogP) is 4.70. The zero-order valence-electron chi connectivity index (χ0n) is 12.8. The number of carbonyl (C=O) groups excluding carboxylic acids is 2. The number of Topliss-reactive ketones (excluding diaryl/α,β-unsaturated/α-hetero) is 2. The van der Waals surface area contributed by atoms with Gasteiger partial charge in [-0.1, -0.05) is 30.3 Å². The molecule has 0 N–H and O–H groups in total. The fraction of sp³-hybridized carbons (Fsp3) is 0.158. The first kappa shape index (κ1) is 15.7. The molecule has 1 aliphatic rings. The standard InChI is InChI=1S/C19H15BrO3/c1-11(2)23-17-8-7-12(10-16(17)20)9-15-18(21)13-5-3-4-6-14(13)19(15)22/h3-11H,1-2H3. The van der Waals surface area contributed by atoms with Gasteiger partial charge in [-0.05, 0) is 53.5 Å². The Balaban J connectivity index is 1.96. The zero-order chi connectivity index (χ0) is 16.6. The van der Waals surface area contributed by atoms with Gasteiger partial charge < -0.3 is 4.74 Å². The van der Waals surface area contributed by atoms with Crippen molar-refractivity contribution in [1.82, 2.24) is 0 Å². The summed E-state index contributed by atoms with van der Waals surface area (Å²) >= 11 is 3.46. The topological polar surface area (TPSA) is 43.4 Å². The van der Waals surface area contributed by atoms with E-state index in [4.69, 9.17) is 4.74 Å². The Bertz CT molecular complexity index is 797. The Labute approximate surface area is 143 Å². The van der Waals surface area contributed by atoms with E-state index in [0.29, 0.717) is 11.1 Å². The van der Waals surface area contributed by atoms with Crippen LogP contribution in [-0.2, 0) is 0 Å². The van der Waals surface area contributed by atoms with Gasteiger partial charge in [-0.2, -0.15) is 0 Å². The Morgan fingerprint density at radius 1 is 1.00 bits per heavy atom. The molecule has 0 fully saturated rings. The molecule has 0 saturated heterocycles. The van der Waals surface area contributed by atoms with Crippen molar-refractivity contribution in [1.29, 1.82) is 0 Å². The van der Waals surface area contributed by atoms with E-state index in [0.717, 1.165) is 15.8 Å². The van der Waals surface area contributed by atoms with E-state index >= 15 is 0 Å². The fourth-order valence-electron chi connectivity index (χ4n) is 2.53. The maximum absolute atomic E-state index is 12.4. The molecule has 0 amide bonds. The van der Waals surface area contributed by atoms with E-state index in [-0.39, 0.29) is 23.2 Å². The number of allylic oxidation sites excluding steroid dienone is 1. The molecule has 0 bridgehead atoms. The summed E-state index contributed by atoms with van der Waals surface area (Å²) in [6.45, 7) is 3.91. The molecule has 0 radical (unpaired) electrons. The van der Waals surface area contributed by atoms with Gasteiger partial charge in [0.1, 0.15) is 5.75 Å². The quantitative estimate of drug-likeness (QED) is 0.580. The average Bonchev–Trinajstić information content (AvgIpc) is 2.75. The molecule has 0 atom stereocenters. The van der Waals surface area contributed by atoms with E-state index in [1.54, 1.807) is 30.3 Å². The number of halogens is 1. The number of ether oxygens (including phenoxy) is 1. The summed E-state index contributed by atoms with van der Waals surface area (Å²) in [5, 5.41) is 0. The van der Waals surface area contributed by atoms with Crippen molar-refractivity contribution in [2.24, 2.45) is 0 Å². The van der Waals surface area contributed by atoms with Gasteiger partial charge in [-0.15, -0.1) is 0 Å². The molecule has 0 heterocycles. The molecule has 0 unspecified atom stereocenters. The maximum atomic E-state index is 12.4. The van der Waals surface area contributed by atoms with Crippen LogP contribution >= 0.6 is 15.9 Å². The molecule has 0 aliphatic heterocycles. The van der Waals surface area contributed by atoms with Crippen LogP contribution in [0, 0.1) is 0 Å². The summed E-state index contributed by atoms with van der Waals surface area (Å²) in [5.41, 5.74) is 1.93. The summed E-state index contributed by atoms with van der Waals surface area (Å²) in [6, 6.07) is 12.4. The Morgan fingerprint density at radius 3 is 2.13 bits per heavy atom. The van der Waals surface area contributed by atoms with Crippen LogP contribution in [-0.4, -0.2) is 17.7 Å². The molecule has 0 saturated carbocycles. The third-order valence-corrected chi connectivity index (χ3v) is 4.15. The Kier molecular flexibility index (Phi) is 4.18. The molecular weight excluding hydrogens is 356 g/mol. The molecular formula is C19H15BrO3. The molecule has 116 valence electrons. The van der Waals surface area contributed by atoms with Crippen LogP contribution in [0.5, 0.6) is 5.75 Å². The molecule has 1 aliphatic carbocycles. The van der Waals surface area contributed by atoms with Gasteiger partial charge in [-0.25, -0.2) is 0 Å². The van der Waals surface area contributed by atoms with Gasteiger partial charge in [0.15, 0.2) is 11.6 Å². The van der Waals surface area contributed by atoms with Gasteiger partial charge >= 0.3 is 0 Å². The first-order chi connectivity index (χ1) is 11.0. The second kappa shape index (κ2) is 6.13. The van der Waals surface area contributed by atoms with E-state index in [9.17, 15) is 9.59 Å². The lowest BCUT2D eigenvalue weighted by Gasteiger charge is -2.11. The first-order valence-corrected chi connectivity index (χ1v) is 8.13. The number of hydrogen-bond acceptors (Lipinski definition) is 3. The smallest absolute Gasteiger partial charge is 0.197 e. The largest absolute Gasteiger partial charge is 0.490 e. The second-order valence-electron chi connectivity index (χ2n) is 5.62. The lowest BCUT2D eigenvalue weighted by atomic mass is 10.1. The van der Waals surface area contributed by atoms with E-state index in [2.05, 4.69) is 15.9 Å². The minimum Gasteiger partial charge on any atom is -0.490 e. The number of ketones is 2. The van der Waals surface area contributed by atoms with Crippen molar-refractivity contribution < 1.29 is 14.3 Å². The predicted molar refractivity (Wildman–Crippen MR) is 93.0 cm³/mol. The van der Waals surface area contributed by atoms with Crippen molar-refractivity contribution in [2.45, 2.75) is 20.0 Å². The van der Waals surface area contributed by atoms with Crippen LogP contribution in [0.15, 0.2) is 52.5 Å². The molecule has 23 heavy (non-hydrogen) atoms. The van der Waals surface area contributed by atoms with Crippen LogP contribution in [0.25, 0.3) is 6.08 Å². The normalized spacial score (nSPS) is 13.5. The van der Waals surface area contributed by atoms with Crippen molar-refractivity contribution in [3.05, 3.63) is 69.2 Å². The van der Waals surface area contributed by atoms with Gasteiger partial charge in [0.25, 0.3) is 0 Å². The summed E-state index contributed by atoms with van der Waals surface area (Å²) in [4.78, 5) is 24.8. The number of hydrogen-bond donors (Lipinski definition) is 0. The molecule has 2 aromatic rings. The molecule has 2 aromatic carbocycles. The zero-order valence-corrected chi connectivity index (χ0v) is 14.4. The average molecular weight is 371 g/mol. The second-order valence-corrected chi connectivity index (χ2v) is 6.47. The SMILES string of the molecule is CC(C)Oc1ccc(C=C2C(=O)c3ccccc3C2=O)cc1Br. The summed E-state index contributed by atoms with van der Waals surface area (Å²) in [6.07, 6.45) is 1.71. The van der Waals surface area contributed by atoms with Crippen LogP contribution < -0.4 is 4.74 Å². The molecule has 0 aromatic heterocycles. The first-order valence-electron chi connectivity index (χ1n) is 7.33. The molecule has 4 heteroatoms. The van der Waals surface area contributed by atoms with E-state index < -0.39 is 0 Å². The molecule has 3 rings (SSSR count). The summed E-state index contributed by atoms with van der Waals surface area (Å²) in [7, 11) is 0. The summed E-state index contributed by atoms with van der Waals surface area (Å²) < 4.78 is 6.45. The van der Waals surface area contributed by atoms with Crippen LogP contribution in [0.3, 0.4) is 0 Å². The highest BCUT2D eigenvalue weighted by Gasteiger charge is 2.32. The number of benzene rings is 2. The molecule has 0 spiro atoms. The van der Waals surface area contributed by atoms with Crippen molar-refractivity contribution in [3.63, 3.8) is 0 Å². The summed E-state index contributed by atoms with van der Waals surface area (Å²) in [5.74, 6) is 0.294. The van der Waals surface area contributed by atoms with Gasteiger partial charge in [-0.3, -0.25) is 9.59 Å². The lowest BCUT2D eigenvalue weighted by Crippen LogP contribution is -2.06. The number of rotatable bonds is 3. The lowest BCUT2D eigenvalue weighted by molar-refractivity contribution is 0.0990. The Morgan fingerprint density at radius 2 is 1.61 bits per heavy atom. The van der Waals surface area contributed by atoms with Crippen molar-refractivity contribution in [2.75, 3.05) is 0 Å². The van der Waals surface area contributed by atoms with Gasteiger partial charge in [0, 0.05) is 11.1 Å².